The number of aliphatic hydroxyl groups is 1. The van der Waals surface area contributed by atoms with Gasteiger partial charge in [0.2, 0.25) is 0 Å². The number of aliphatic hydroxyl groups excluding tert-OH is 1. The van der Waals surface area contributed by atoms with Gasteiger partial charge in [0, 0.05) is 24.9 Å². The number of carbonyl (C=O) groups excluding carboxylic acids is 2. The van der Waals surface area contributed by atoms with Crippen LogP contribution in [0, 0.1) is 5.82 Å². The minimum Gasteiger partial charge on any atom is -0.390 e. The first-order valence-corrected chi connectivity index (χ1v) is 10.7. The normalized spacial score (nSPS) is 19.2. The molecule has 164 valence electrons. The highest BCUT2D eigenvalue weighted by molar-refractivity contribution is 6.04. The van der Waals surface area contributed by atoms with Gasteiger partial charge in [0.1, 0.15) is 17.3 Å². The van der Waals surface area contributed by atoms with Crippen LogP contribution in [-0.4, -0.2) is 32.6 Å². The van der Waals surface area contributed by atoms with E-state index in [1.54, 1.807) is 0 Å². The number of hydrogen-bond acceptors (Lipinski definition) is 4. The Balaban J connectivity index is 1.34. The minimum atomic E-state index is -0.732. The molecule has 0 bridgehead atoms. The number of aryl methyl sites for hydroxylation is 1. The molecule has 0 unspecified atom stereocenters. The number of nitrogens with one attached hydrogen (secondary N) is 2. The molecular formula is C24H23FN4O3. The predicted octanol–water partition coefficient (Wildman–Crippen LogP) is 3.00. The topological polar surface area (TPSA) is 96.2 Å². The van der Waals surface area contributed by atoms with Crippen molar-refractivity contribution in [3.05, 3.63) is 82.7 Å². The van der Waals surface area contributed by atoms with Crippen molar-refractivity contribution in [1.82, 2.24) is 14.9 Å². The summed E-state index contributed by atoms with van der Waals surface area (Å²) in [7, 11) is 0. The number of anilines is 1. The lowest BCUT2D eigenvalue weighted by Crippen LogP contribution is -2.34. The van der Waals surface area contributed by atoms with Crippen molar-refractivity contribution in [2.75, 3.05) is 5.32 Å². The molecule has 3 N–H and O–H groups in total. The van der Waals surface area contributed by atoms with E-state index in [4.69, 9.17) is 0 Å². The van der Waals surface area contributed by atoms with Gasteiger partial charge in [-0.15, -0.1) is 0 Å². The highest BCUT2D eigenvalue weighted by Crippen LogP contribution is 2.31. The third kappa shape index (κ3) is 3.67. The average molecular weight is 434 g/mol. The van der Waals surface area contributed by atoms with E-state index in [0.29, 0.717) is 18.7 Å². The van der Waals surface area contributed by atoms with Gasteiger partial charge in [0.25, 0.3) is 11.8 Å². The summed E-state index contributed by atoms with van der Waals surface area (Å²) in [4.78, 5) is 29.9. The van der Waals surface area contributed by atoms with Crippen LogP contribution in [0.1, 0.15) is 56.7 Å². The van der Waals surface area contributed by atoms with E-state index in [-0.39, 0.29) is 11.3 Å². The molecule has 0 saturated carbocycles. The van der Waals surface area contributed by atoms with Crippen LogP contribution in [0.15, 0.2) is 48.7 Å². The average Bonchev–Trinajstić information content (AvgIpc) is 3.36. The van der Waals surface area contributed by atoms with E-state index in [1.807, 2.05) is 28.8 Å². The molecule has 5 rings (SSSR count). The maximum Gasteiger partial charge on any atom is 0.274 e. The molecule has 32 heavy (non-hydrogen) atoms. The highest BCUT2D eigenvalue weighted by atomic mass is 19.1. The van der Waals surface area contributed by atoms with Gasteiger partial charge in [-0.25, -0.2) is 9.37 Å². The Kier molecular flexibility index (Phi) is 5.22. The predicted molar refractivity (Wildman–Crippen MR) is 116 cm³/mol. The molecule has 8 heteroatoms. The van der Waals surface area contributed by atoms with E-state index >= 15 is 0 Å². The number of carbonyl (C=O) groups is 2. The second-order valence-corrected chi connectivity index (χ2v) is 8.24. The van der Waals surface area contributed by atoms with E-state index < -0.39 is 29.8 Å². The van der Waals surface area contributed by atoms with Gasteiger partial charge in [-0.2, -0.15) is 0 Å². The largest absolute Gasteiger partial charge is 0.390 e. The van der Waals surface area contributed by atoms with Gasteiger partial charge >= 0.3 is 0 Å². The second kappa shape index (κ2) is 8.20. The van der Waals surface area contributed by atoms with Crippen LogP contribution in [0.2, 0.25) is 0 Å². The molecule has 1 aliphatic heterocycles. The molecule has 1 aromatic heterocycles. The summed E-state index contributed by atoms with van der Waals surface area (Å²) in [5, 5.41) is 15.8. The molecule has 0 radical (unpaired) electrons. The van der Waals surface area contributed by atoms with Crippen molar-refractivity contribution in [1.29, 1.82) is 0 Å². The zero-order valence-corrected chi connectivity index (χ0v) is 17.3. The maximum absolute atomic E-state index is 14.4. The van der Waals surface area contributed by atoms with Gasteiger partial charge in [0.15, 0.2) is 0 Å². The van der Waals surface area contributed by atoms with Crippen LogP contribution in [0.4, 0.5) is 10.1 Å². The van der Waals surface area contributed by atoms with Crippen molar-refractivity contribution >= 4 is 17.5 Å². The minimum absolute atomic E-state index is 0.0821. The number of rotatable bonds is 4. The summed E-state index contributed by atoms with van der Waals surface area (Å²) < 4.78 is 16.3. The van der Waals surface area contributed by atoms with Crippen LogP contribution in [0.5, 0.6) is 0 Å². The summed E-state index contributed by atoms with van der Waals surface area (Å²) in [5.41, 5.74) is 2.34. The molecular weight excluding hydrogens is 411 g/mol. The molecule has 1 aliphatic carbocycles. The fourth-order valence-electron chi connectivity index (χ4n) is 4.52. The molecule has 2 aliphatic rings. The zero-order valence-electron chi connectivity index (χ0n) is 17.3. The van der Waals surface area contributed by atoms with Crippen LogP contribution >= 0.6 is 0 Å². The summed E-state index contributed by atoms with van der Waals surface area (Å²) >= 11 is 0. The Labute approximate surface area is 184 Å². The lowest BCUT2D eigenvalue weighted by atomic mass is 10.1. The molecule has 0 saturated heterocycles. The quantitative estimate of drug-likeness (QED) is 0.588. The highest BCUT2D eigenvalue weighted by Gasteiger charge is 2.32. The van der Waals surface area contributed by atoms with Crippen LogP contribution in [-0.2, 0) is 19.4 Å². The molecule has 3 aromatic rings. The van der Waals surface area contributed by atoms with E-state index in [1.165, 1.54) is 18.3 Å². The fraction of sp³-hybridized carbons (Fsp3) is 0.292. The molecule has 7 nitrogen and oxygen atoms in total. The summed E-state index contributed by atoms with van der Waals surface area (Å²) in [6.07, 6.45) is 4.04. The molecule has 2 atom stereocenters. The summed E-state index contributed by atoms with van der Waals surface area (Å²) in [5.74, 6) is -0.713. The number of halogens is 1. The Hall–Kier alpha value is -3.52. The lowest BCUT2D eigenvalue weighted by molar-refractivity contribution is 0.0857. The Morgan fingerprint density at radius 1 is 1.12 bits per heavy atom. The summed E-state index contributed by atoms with van der Waals surface area (Å²) in [6.45, 7) is 0.703. The lowest BCUT2D eigenvalue weighted by Gasteiger charge is -2.18. The third-order valence-corrected chi connectivity index (χ3v) is 6.17. The SMILES string of the molecule is O=C(N[C@@H]1c2ccccc2C[C@@H]1O)c1ccc(F)c(NC(=O)c2cnc3n2CCCC3)c1. The fourth-order valence-corrected chi connectivity index (χ4v) is 4.52. The summed E-state index contributed by atoms with van der Waals surface area (Å²) in [6, 6.07) is 10.8. The van der Waals surface area contributed by atoms with E-state index in [2.05, 4.69) is 15.6 Å². The molecule has 2 aromatic carbocycles. The number of fused-ring (bicyclic) bond motifs is 2. The first kappa shape index (κ1) is 20.4. The number of imidazole rings is 1. The van der Waals surface area contributed by atoms with Gasteiger partial charge in [0.05, 0.1) is 24.0 Å². The van der Waals surface area contributed by atoms with Crippen molar-refractivity contribution in [3.8, 4) is 0 Å². The first-order chi connectivity index (χ1) is 15.5. The van der Waals surface area contributed by atoms with Gasteiger partial charge in [-0.1, -0.05) is 24.3 Å². The molecule has 0 fully saturated rings. The third-order valence-electron chi connectivity index (χ3n) is 6.17. The van der Waals surface area contributed by atoms with Crippen LogP contribution in [0.25, 0.3) is 0 Å². The van der Waals surface area contributed by atoms with E-state index in [9.17, 15) is 19.1 Å². The van der Waals surface area contributed by atoms with Crippen molar-refractivity contribution in [3.63, 3.8) is 0 Å². The number of amides is 2. The zero-order chi connectivity index (χ0) is 22.2. The van der Waals surface area contributed by atoms with Crippen LogP contribution in [0.3, 0.4) is 0 Å². The van der Waals surface area contributed by atoms with Gasteiger partial charge < -0.3 is 20.3 Å². The van der Waals surface area contributed by atoms with Crippen molar-refractivity contribution < 1.29 is 19.1 Å². The van der Waals surface area contributed by atoms with E-state index in [0.717, 1.165) is 42.3 Å². The number of aromatic nitrogens is 2. The van der Waals surface area contributed by atoms with Gasteiger partial charge in [-0.05, 0) is 42.2 Å². The molecule has 2 amide bonds. The standard InChI is InChI=1S/C24H23FN4O3/c25-17-9-8-15(23(31)28-22-16-6-2-1-5-14(16)12-20(22)30)11-18(17)27-24(32)19-13-26-21-7-3-4-10-29(19)21/h1-2,5-6,8-9,11,13,20,22,30H,3-4,7,10,12H2,(H,27,32)(H,28,31)/t20-,22+/m0/s1. The first-order valence-electron chi connectivity index (χ1n) is 10.7. The smallest absolute Gasteiger partial charge is 0.274 e. The van der Waals surface area contributed by atoms with Crippen molar-refractivity contribution in [2.45, 2.75) is 44.4 Å². The Morgan fingerprint density at radius 3 is 2.84 bits per heavy atom. The van der Waals surface area contributed by atoms with Crippen LogP contribution < -0.4 is 10.6 Å². The van der Waals surface area contributed by atoms with Crippen molar-refractivity contribution in [2.24, 2.45) is 0 Å². The molecule has 2 heterocycles. The second-order valence-electron chi connectivity index (χ2n) is 8.24. The number of hydrogen-bond donors (Lipinski definition) is 3. The van der Waals surface area contributed by atoms with Gasteiger partial charge in [-0.3, -0.25) is 9.59 Å². The Bertz CT molecular complexity index is 1210. The molecule has 0 spiro atoms. The maximum atomic E-state index is 14.4. The monoisotopic (exact) mass is 434 g/mol. The number of benzene rings is 2. The number of nitrogens with zero attached hydrogens (tertiary/aromatic N) is 2. The Morgan fingerprint density at radius 2 is 1.97 bits per heavy atom.